The zero-order chi connectivity index (χ0) is 24.2. The summed E-state index contributed by atoms with van der Waals surface area (Å²) in [5.74, 6) is -1.73. The van der Waals surface area contributed by atoms with E-state index in [1.807, 2.05) is 18.2 Å². The van der Waals surface area contributed by atoms with Gasteiger partial charge in [-0.25, -0.2) is 8.78 Å². The highest BCUT2D eigenvalue weighted by atomic mass is 19.1. The number of halogens is 2. The van der Waals surface area contributed by atoms with Crippen LogP contribution in [0.2, 0.25) is 0 Å². The molecule has 0 aliphatic heterocycles. The van der Waals surface area contributed by atoms with Crippen LogP contribution in [0.4, 0.5) is 8.78 Å². The molecule has 1 aliphatic rings. The SMILES string of the molecule is COCc1ccc2c(c1)C(NC[C@H](O)[C@H](Cc1cc(F)cc(F)c1)NC(C)=O)c1ccccc1-2. The van der Waals surface area contributed by atoms with Crippen LogP contribution >= 0.6 is 0 Å². The molecular weight excluding hydrogens is 438 g/mol. The van der Waals surface area contributed by atoms with Crippen molar-refractivity contribution in [3.63, 3.8) is 0 Å². The molecule has 5 nitrogen and oxygen atoms in total. The lowest BCUT2D eigenvalue weighted by molar-refractivity contribution is -0.120. The van der Waals surface area contributed by atoms with Crippen molar-refractivity contribution in [2.45, 2.75) is 38.1 Å². The molecule has 3 aromatic rings. The molecule has 0 aromatic heterocycles. The minimum Gasteiger partial charge on any atom is -0.390 e. The third kappa shape index (κ3) is 5.33. The maximum atomic E-state index is 13.7. The minimum atomic E-state index is -0.992. The molecule has 0 bridgehead atoms. The van der Waals surface area contributed by atoms with Crippen LogP contribution in [0.25, 0.3) is 11.1 Å². The van der Waals surface area contributed by atoms with Gasteiger partial charge >= 0.3 is 0 Å². The Bertz CT molecular complexity index is 1160. The van der Waals surface area contributed by atoms with Crippen molar-refractivity contribution in [3.05, 3.63) is 94.6 Å². The summed E-state index contributed by atoms with van der Waals surface area (Å²) >= 11 is 0. The van der Waals surface area contributed by atoms with Crippen LogP contribution in [0.15, 0.2) is 60.7 Å². The Balaban J connectivity index is 1.54. The molecule has 3 N–H and O–H groups in total. The van der Waals surface area contributed by atoms with Crippen molar-refractivity contribution in [1.29, 1.82) is 0 Å². The molecule has 34 heavy (non-hydrogen) atoms. The second-order valence-corrected chi connectivity index (χ2v) is 8.64. The van der Waals surface area contributed by atoms with Crippen molar-refractivity contribution >= 4 is 5.91 Å². The van der Waals surface area contributed by atoms with E-state index in [4.69, 9.17) is 4.74 Å². The van der Waals surface area contributed by atoms with Gasteiger partial charge in [-0.15, -0.1) is 0 Å². The molecule has 3 aromatic carbocycles. The number of nitrogens with one attached hydrogen (secondary N) is 2. The highest BCUT2D eigenvalue weighted by Gasteiger charge is 2.30. The molecule has 1 unspecified atom stereocenters. The number of carbonyl (C=O) groups excluding carboxylic acids is 1. The van der Waals surface area contributed by atoms with Crippen molar-refractivity contribution < 1.29 is 23.4 Å². The zero-order valence-corrected chi connectivity index (χ0v) is 19.1. The number of amides is 1. The number of rotatable bonds is 9. The molecule has 0 fully saturated rings. The normalized spacial score (nSPS) is 16.0. The molecule has 178 valence electrons. The van der Waals surface area contributed by atoms with E-state index in [9.17, 15) is 18.7 Å². The Morgan fingerprint density at radius 2 is 1.71 bits per heavy atom. The highest BCUT2D eigenvalue weighted by Crippen LogP contribution is 2.43. The number of benzene rings is 3. The Morgan fingerprint density at radius 3 is 2.41 bits per heavy atom. The maximum absolute atomic E-state index is 13.7. The first-order valence-corrected chi connectivity index (χ1v) is 11.2. The first kappa shape index (κ1) is 24.0. The lowest BCUT2D eigenvalue weighted by atomic mass is 9.99. The maximum Gasteiger partial charge on any atom is 0.217 e. The number of ether oxygens (including phenoxy) is 1. The molecule has 0 heterocycles. The first-order valence-electron chi connectivity index (χ1n) is 11.2. The number of aliphatic hydroxyl groups is 1. The predicted molar refractivity (Wildman–Crippen MR) is 126 cm³/mol. The van der Waals surface area contributed by atoms with Gasteiger partial charge in [0, 0.05) is 26.6 Å². The smallest absolute Gasteiger partial charge is 0.217 e. The Labute approximate surface area is 197 Å². The molecule has 0 saturated heterocycles. The highest BCUT2D eigenvalue weighted by molar-refractivity contribution is 5.79. The average Bonchev–Trinajstić information content (AvgIpc) is 3.09. The number of hydrogen-bond acceptors (Lipinski definition) is 4. The van der Waals surface area contributed by atoms with E-state index in [0.29, 0.717) is 12.2 Å². The van der Waals surface area contributed by atoms with Crippen LogP contribution in [-0.4, -0.2) is 36.8 Å². The third-order valence-electron chi connectivity index (χ3n) is 6.06. The van der Waals surface area contributed by atoms with Crippen LogP contribution in [-0.2, 0) is 22.6 Å². The largest absolute Gasteiger partial charge is 0.390 e. The number of carbonyl (C=O) groups is 1. The van der Waals surface area contributed by atoms with Crippen LogP contribution in [0.3, 0.4) is 0 Å². The summed E-state index contributed by atoms with van der Waals surface area (Å²) in [6.07, 6.45) is -0.902. The van der Waals surface area contributed by atoms with Gasteiger partial charge < -0.3 is 20.5 Å². The molecule has 0 saturated carbocycles. The Hall–Kier alpha value is -3.13. The summed E-state index contributed by atoms with van der Waals surface area (Å²) in [5.41, 5.74) is 5.84. The fourth-order valence-corrected chi connectivity index (χ4v) is 4.64. The Kier molecular flexibility index (Phi) is 7.36. The summed E-state index contributed by atoms with van der Waals surface area (Å²) in [6.45, 7) is 2.00. The lowest BCUT2D eigenvalue weighted by Gasteiger charge is -2.26. The molecule has 1 amide bonds. The topological polar surface area (TPSA) is 70.6 Å². The van der Waals surface area contributed by atoms with Crippen LogP contribution in [0.5, 0.6) is 0 Å². The second-order valence-electron chi connectivity index (χ2n) is 8.64. The molecule has 4 rings (SSSR count). The summed E-state index contributed by atoms with van der Waals surface area (Å²) < 4.78 is 32.6. The van der Waals surface area contributed by atoms with Gasteiger partial charge in [-0.3, -0.25) is 4.79 Å². The van der Waals surface area contributed by atoms with Crippen LogP contribution < -0.4 is 10.6 Å². The van der Waals surface area contributed by atoms with Crippen molar-refractivity contribution in [3.8, 4) is 11.1 Å². The molecule has 7 heteroatoms. The van der Waals surface area contributed by atoms with E-state index in [-0.39, 0.29) is 24.9 Å². The first-order chi connectivity index (χ1) is 16.4. The standard InChI is InChI=1S/C27H28F2N2O3/c1-16(32)31-25(12-18-9-19(28)13-20(29)10-18)26(33)14-30-27-23-6-4-3-5-21(23)22-8-7-17(15-34-2)11-24(22)27/h3-11,13,25-27,30,33H,12,14-15H2,1-2H3,(H,31,32)/t25-,26-,27?/m0/s1. The number of hydrogen-bond donors (Lipinski definition) is 3. The molecule has 0 spiro atoms. The molecule has 3 atom stereocenters. The summed E-state index contributed by atoms with van der Waals surface area (Å²) in [7, 11) is 1.65. The lowest BCUT2D eigenvalue weighted by Crippen LogP contribution is -2.48. The van der Waals surface area contributed by atoms with Crippen molar-refractivity contribution in [2.24, 2.45) is 0 Å². The predicted octanol–water partition coefficient (Wildman–Crippen LogP) is 3.88. The van der Waals surface area contributed by atoms with E-state index >= 15 is 0 Å². The van der Waals surface area contributed by atoms with Gasteiger partial charge in [0.2, 0.25) is 5.91 Å². The van der Waals surface area contributed by atoms with Crippen LogP contribution in [0, 0.1) is 11.6 Å². The monoisotopic (exact) mass is 466 g/mol. The summed E-state index contributed by atoms with van der Waals surface area (Å²) in [4.78, 5) is 11.8. The van der Waals surface area contributed by atoms with Crippen LogP contribution in [0.1, 0.15) is 35.2 Å². The van der Waals surface area contributed by atoms with E-state index in [0.717, 1.165) is 33.9 Å². The van der Waals surface area contributed by atoms with Gasteiger partial charge in [0.1, 0.15) is 11.6 Å². The van der Waals surface area contributed by atoms with E-state index in [1.165, 1.54) is 19.1 Å². The quantitative estimate of drug-likeness (QED) is 0.448. The number of fused-ring (bicyclic) bond motifs is 3. The summed E-state index contributed by atoms with van der Waals surface area (Å²) in [5, 5.41) is 17.1. The van der Waals surface area contributed by atoms with E-state index in [1.54, 1.807) is 7.11 Å². The van der Waals surface area contributed by atoms with E-state index in [2.05, 4.69) is 34.9 Å². The van der Waals surface area contributed by atoms with Gasteiger partial charge in [0.25, 0.3) is 0 Å². The zero-order valence-electron chi connectivity index (χ0n) is 19.1. The fraction of sp³-hybridized carbons (Fsp3) is 0.296. The van der Waals surface area contributed by atoms with Gasteiger partial charge in [-0.2, -0.15) is 0 Å². The minimum absolute atomic E-state index is 0.0902. The van der Waals surface area contributed by atoms with Gasteiger partial charge in [-0.05, 0) is 51.9 Å². The molecule has 1 aliphatic carbocycles. The third-order valence-corrected chi connectivity index (χ3v) is 6.06. The number of methoxy groups -OCH3 is 1. The molecule has 0 radical (unpaired) electrons. The van der Waals surface area contributed by atoms with Gasteiger partial charge in [0.05, 0.1) is 24.8 Å². The molecular formula is C27H28F2N2O3. The summed E-state index contributed by atoms with van der Waals surface area (Å²) in [6, 6.07) is 16.7. The second kappa shape index (κ2) is 10.4. The average molecular weight is 467 g/mol. The van der Waals surface area contributed by atoms with Crippen molar-refractivity contribution in [2.75, 3.05) is 13.7 Å². The van der Waals surface area contributed by atoms with E-state index < -0.39 is 23.8 Å². The van der Waals surface area contributed by atoms with Gasteiger partial charge in [0.15, 0.2) is 0 Å². The fourth-order valence-electron chi connectivity index (χ4n) is 4.64. The van der Waals surface area contributed by atoms with Crippen molar-refractivity contribution in [1.82, 2.24) is 10.6 Å². The van der Waals surface area contributed by atoms with Gasteiger partial charge in [-0.1, -0.05) is 42.5 Å². The number of aliphatic hydroxyl groups excluding tert-OH is 1. The Morgan fingerprint density at radius 1 is 1.00 bits per heavy atom.